The fourth-order valence-electron chi connectivity index (χ4n) is 1.21. The third-order valence-corrected chi connectivity index (χ3v) is 2.06. The molecule has 0 fully saturated rings. The van der Waals surface area contributed by atoms with Gasteiger partial charge in [-0.15, -0.1) is 0 Å². The fraction of sp³-hybridized carbons (Fsp3) is 0.167. The maximum absolute atomic E-state index is 12.9. The Morgan fingerprint density at radius 3 is 3.06 bits per heavy atom. The Kier molecular flexibility index (Phi) is 2.97. The SMILES string of the molecule is Cc1cc(C#CCn2cccn2)ncc1F. The first-order chi connectivity index (χ1) is 7.75. The van der Waals surface area contributed by atoms with Gasteiger partial charge in [-0.2, -0.15) is 5.10 Å². The van der Waals surface area contributed by atoms with Gasteiger partial charge in [0.1, 0.15) is 18.1 Å². The second-order valence-electron chi connectivity index (χ2n) is 3.32. The van der Waals surface area contributed by atoms with Crippen LogP contribution in [0.1, 0.15) is 11.3 Å². The summed E-state index contributed by atoms with van der Waals surface area (Å²) in [5.41, 5.74) is 1.13. The van der Waals surface area contributed by atoms with Crippen molar-refractivity contribution in [2.75, 3.05) is 0 Å². The van der Waals surface area contributed by atoms with Crippen LogP contribution < -0.4 is 0 Å². The average molecular weight is 215 g/mol. The molecule has 4 heteroatoms. The van der Waals surface area contributed by atoms with Crippen molar-refractivity contribution in [1.29, 1.82) is 0 Å². The van der Waals surface area contributed by atoms with Crippen LogP contribution in [0, 0.1) is 24.6 Å². The highest BCUT2D eigenvalue weighted by Gasteiger charge is 1.97. The summed E-state index contributed by atoms with van der Waals surface area (Å²) in [4.78, 5) is 3.88. The molecule has 0 atom stereocenters. The highest BCUT2D eigenvalue weighted by Crippen LogP contribution is 2.04. The maximum Gasteiger partial charge on any atom is 0.144 e. The molecule has 0 radical (unpaired) electrons. The van der Waals surface area contributed by atoms with E-state index in [9.17, 15) is 4.39 Å². The molecule has 0 unspecified atom stereocenters. The van der Waals surface area contributed by atoms with Crippen LogP contribution in [0.25, 0.3) is 0 Å². The molecule has 0 N–H and O–H groups in total. The Morgan fingerprint density at radius 2 is 2.38 bits per heavy atom. The highest BCUT2D eigenvalue weighted by molar-refractivity contribution is 5.30. The van der Waals surface area contributed by atoms with Gasteiger partial charge in [0.15, 0.2) is 0 Å². The predicted octanol–water partition coefficient (Wildman–Crippen LogP) is 1.78. The molecule has 3 nitrogen and oxygen atoms in total. The lowest BCUT2D eigenvalue weighted by Crippen LogP contribution is -1.95. The van der Waals surface area contributed by atoms with Gasteiger partial charge >= 0.3 is 0 Å². The van der Waals surface area contributed by atoms with Crippen molar-refractivity contribution in [3.05, 3.63) is 47.8 Å². The molecule has 0 aliphatic carbocycles. The zero-order chi connectivity index (χ0) is 11.4. The van der Waals surface area contributed by atoms with Crippen molar-refractivity contribution in [3.8, 4) is 11.8 Å². The molecule has 0 aliphatic rings. The average Bonchev–Trinajstić information content (AvgIpc) is 2.76. The number of halogens is 1. The van der Waals surface area contributed by atoms with E-state index in [-0.39, 0.29) is 5.82 Å². The van der Waals surface area contributed by atoms with Gasteiger partial charge in [-0.1, -0.05) is 5.92 Å². The number of hydrogen-bond donors (Lipinski definition) is 0. The first-order valence-electron chi connectivity index (χ1n) is 4.84. The van der Waals surface area contributed by atoms with Gasteiger partial charge in [0, 0.05) is 12.4 Å². The molecule has 16 heavy (non-hydrogen) atoms. The van der Waals surface area contributed by atoms with Gasteiger partial charge in [-0.3, -0.25) is 4.68 Å². The number of nitrogens with zero attached hydrogens (tertiary/aromatic N) is 3. The molecular weight excluding hydrogens is 205 g/mol. The zero-order valence-corrected chi connectivity index (χ0v) is 8.81. The van der Waals surface area contributed by atoms with Crippen LogP contribution >= 0.6 is 0 Å². The molecule has 0 amide bonds. The lowest BCUT2D eigenvalue weighted by Gasteiger charge is -1.95. The number of rotatable bonds is 1. The predicted molar refractivity (Wildman–Crippen MR) is 58.0 cm³/mol. The summed E-state index contributed by atoms with van der Waals surface area (Å²) >= 11 is 0. The summed E-state index contributed by atoms with van der Waals surface area (Å²) in [6, 6.07) is 3.47. The highest BCUT2D eigenvalue weighted by atomic mass is 19.1. The summed E-state index contributed by atoms with van der Waals surface area (Å²) in [5, 5.41) is 4.01. The lowest BCUT2D eigenvalue weighted by atomic mass is 10.2. The Balaban J connectivity index is 2.09. The molecule has 2 aromatic rings. The molecule has 0 saturated heterocycles. The van der Waals surface area contributed by atoms with Gasteiger partial charge in [-0.25, -0.2) is 9.37 Å². The van der Waals surface area contributed by atoms with Gasteiger partial charge in [0.25, 0.3) is 0 Å². The van der Waals surface area contributed by atoms with E-state index in [2.05, 4.69) is 21.9 Å². The van der Waals surface area contributed by atoms with E-state index in [4.69, 9.17) is 0 Å². The monoisotopic (exact) mass is 215 g/mol. The first-order valence-corrected chi connectivity index (χ1v) is 4.84. The van der Waals surface area contributed by atoms with E-state index < -0.39 is 0 Å². The van der Waals surface area contributed by atoms with Crippen LogP contribution in [-0.4, -0.2) is 14.8 Å². The number of aryl methyl sites for hydroxylation is 1. The van der Waals surface area contributed by atoms with Crippen LogP contribution in [0.4, 0.5) is 4.39 Å². The minimum absolute atomic E-state index is 0.308. The summed E-state index contributed by atoms with van der Waals surface area (Å²) in [6.07, 6.45) is 4.72. The Hall–Kier alpha value is -2.15. The summed E-state index contributed by atoms with van der Waals surface area (Å²) in [6.45, 7) is 2.20. The third-order valence-electron chi connectivity index (χ3n) is 2.06. The van der Waals surface area contributed by atoms with Crippen LogP contribution in [0.2, 0.25) is 0 Å². The van der Waals surface area contributed by atoms with Crippen molar-refractivity contribution in [2.45, 2.75) is 13.5 Å². The van der Waals surface area contributed by atoms with Crippen molar-refractivity contribution < 1.29 is 4.39 Å². The van der Waals surface area contributed by atoms with Gasteiger partial charge < -0.3 is 0 Å². The lowest BCUT2D eigenvalue weighted by molar-refractivity contribution is 0.611. The summed E-state index contributed by atoms with van der Waals surface area (Å²) in [7, 11) is 0. The number of aromatic nitrogens is 3. The van der Waals surface area contributed by atoms with Crippen molar-refractivity contribution in [1.82, 2.24) is 14.8 Å². The fourth-order valence-corrected chi connectivity index (χ4v) is 1.21. The largest absolute Gasteiger partial charge is 0.261 e. The van der Waals surface area contributed by atoms with E-state index in [0.29, 0.717) is 17.8 Å². The van der Waals surface area contributed by atoms with Crippen LogP contribution in [-0.2, 0) is 6.54 Å². The first kappa shape index (κ1) is 10.4. The number of pyridine rings is 1. The van der Waals surface area contributed by atoms with Crippen molar-refractivity contribution in [2.24, 2.45) is 0 Å². The minimum atomic E-state index is -0.308. The van der Waals surface area contributed by atoms with E-state index >= 15 is 0 Å². The quantitative estimate of drug-likeness (QED) is 0.679. The molecule has 0 aliphatic heterocycles. The second kappa shape index (κ2) is 4.58. The summed E-state index contributed by atoms with van der Waals surface area (Å²) < 4.78 is 14.6. The number of hydrogen-bond acceptors (Lipinski definition) is 2. The molecule has 2 aromatic heterocycles. The van der Waals surface area contributed by atoms with E-state index in [1.165, 1.54) is 6.20 Å². The van der Waals surface area contributed by atoms with Crippen LogP contribution in [0.3, 0.4) is 0 Å². The Morgan fingerprint density at radius 1 is 1.50 bits per heavy atom. The molecule has 80 valence electrons. The molecular formula is C12H10FN3. The standard InChI is InChI=1S/C12H10FN3/c1-10-8-11(14-9-12(10)13)4-2-6-16-7-3-5-15-16/h3,5,7-9H,6H2,1H3. The van der Waals surface area contributed by atoms with E-state index in [0.717, 1.165) is 0 Å². The van der Waals surface area contributed by atoms with Crippen molar-refractivity contribution in [3.63, 3.8) is 0 Å². The molecule has 0 saturated carbocycles. The zero-order valence-electron chi connectivity index (χ0n) is 8.81. The smallest absolute Gasteiger partial charge is 0.144 e. The molecule has 2 heterocycles. The van der Waals surface area contributed by atoms with Crippen LogP contribution in [0.15, 0.2) is 30.7 Å². The summed E-state index contributed by atoms with van der Waals surface area (Å²) in [5.74, 6) is 5.47. The maximum atomic E-state index is 12.9. The topological polar surface area (TPSA) is 30.7 Å². The third kappa shape index (κ3) is 2.45. The van der Waals surface area contributed by atoms with Crippen molar-refractivity contribution >= 4 is 0 Å². The van der Waals surface area contributed by atoms with E-state index in [1.807, 2.05) is 12.3 Å². The van der Waals surface area contributed by atoms with E-state index in [1.54, 1.807) is 23.9 Å². The molecule has 0 aromatic carbocycles. The van der Waals surface area contributed by atoms with Gasteiger partial charge in [0.05, 0.1) is 6.20 Å². The normalized spacial score (nSPS) is 9.62. The van der Waals surface area contributed by atoms with Gasteiger partial charge in [0.2, 0.25) is 0 Å². The van der Waals surface area contributed by atoms with Gasteiger partial charge in [-0.05, 0) is 30.5 Å². The molecule has 0 spiro atoms. The minimum Gasteiger partial charge on any atom is -0.261 e. The Bertz CT molecular complexity index is 535. The van der Waals surface area contributed by atoms with Crippen LogP contribution in [0.5, 0.6) is 0 Å². The Labute approximate surface area is 92.9 Å². The molecule has 2 rings (SSSR count). The molecule has 0 bridgehead atoms. The second-order valence-corrected chi connectivity index (χ2v) is 3.32.